The van der Waals surface area contributed by atoms with Gasteiger partial charge in [0.25, 0.3) is 0 Å². The van der Waals surface area contributed by atoms with Crippen molar-refractivity contribution < 1.29 is 10.2 Å². The Morgan fingerprint density at radius 2 is 2.12 bits per heavy atom. The zero-order valence-corrected chi connectivity index (χ0v) is 5.04. The second kappa shape index (κ2) is 4.81. The molecule has 0 radical (unpaired) electrons. The topological polar surface area (TPSA) is 40.5 Å². The Kier molecular flexibility index (Phi) is 4.61. The maximum absolute atomic E-state index is 8.65. The van der Waals surface area contributed by atoms with Crippen LogP contribution in [0.1, 0.15) is 13.3 Å². The second-order valence-electron chi connectivity index (χ2n) is 1.74. The second-order valence-corrected chi connectivity index (χ2v) is 1.74. The average molecular weight is 116 g/mol. The molecule has 0 amide bonds. The monoisotopic (exact) mass is 116 g/mol. The van der Waals surface area contributed by atoms with Crippen molar-refractivity contribution in [2.24, 2.45) is 0 Å². The van der Waals surface area contributed by atoms with Crippen molar-refractivity contribution in [1.29, 1.82) is 0 Å². The molecule has 0 unspecified atom stereocenters. The third-order valence-corrected chi connectivity index (χ3v) is 0.749. The van der Waals surface area contributed by atoms with Crippen LogP contribution in [0.3, 0.4) is 0 Å². The summed E-state index contributed by atoms with van der Waals surface area (Å²) in [6.07, 6.45) is 3.70. The van der Waals surface area contributed by atoms with Gasteiger partial charge in [-0.15, -0.1) is 0 Å². The molecule has 0 aromatic heterocycles. The summed E-state index contributed by atoms with van der Waals surface area (Å²) in [6.45, 7) is 1.77. The van der Waals surface area contributed by atoms with Crippen LogP contribution < -0.4 is 0 Å². The molecule has 2 N–H and O–H groups in total. The molecule has 1 atom stereocenters. The van der Waals surface area contributed by atoms with E-state index in [0.29, 0.717) is 6.42 Å². The van der Waals surface area contributed by atoms with Gasteiger partial charge in [-0.1, -0.05) is 12.2 Å². The van der Waals surface area contributed by atoms with Crippen LogP contribution in [0.15, 0.2) is 12.2 Å². The van der Waals surface area contributed by atoms with E-state index in [4.69, 9.17) is 10.2 Å². The molecule has 0 heterocycles. The van der Waals surface area contributed by atoms with E-state index < -0.39 is 0 Å². The van der Waals surface area contributed by atoms with E-state index in [1.807, 2.05) is 0 Å². The van der Waals surface area contributed by atoms with Gasteiger partial charge < -0.3 is 10.2 Å². The van der Waals surface area contributed by atoms with Gasteiger partial charge in [-0.3, -0.25) is 0 Å². The lowest BCUT2D eigenvalue weighted by Crippen LogP contribution is -1.95. The molecular weight excluding hydrogens is 104 g/mol. The van der Waals surface area contributed by atoms with E-state index in [0.717, 1.165) is 0 Å². The molecule has 8 heavy (non-hydrogen) atoms. The smallest absolute Gasteiger partial charge is 0.0612 e. The Labute approximate surface area is 49.5 Å². The predicted octanol–water partition coefficient (Wildman–Crippen LogP) is 0.306. The summed E-state index contributed by atoms with van der Waals surface area (Å²) in [5, 5.41) is 16.9. The molecule has 0 aromatic carbocycles. The van der Waals surface area contributed by atoms with Crippen molar-refractivity contribution in [3.05, 3.63) is 12.2 Å². The van der Waals surface area contributed by atoms with E-state index in [1.165, 1.54) is 0 Å². The average Bonchev–Trinajstić information content (AvgIpc) is 1.66. The highest BCUT2D eigenvalue weighted by atomic mass is 16.3. The van der Waals surface area contributed by atoms with Crippen molar-refractivity contribution in [3.8, 4) is 0 Å². The Hall–Kier alpha value is -0.340. The zero-order chi connectivity index (χ0) is 6.41. The van der Waals surface area contributed by atoms with Gasteiger partial charge in [0.15, 0.2) is 0 Å². The molecule has 0 spiro atoms. The largest absolute Gasteiger partial charge is 0.393 e. The van der Waals surface area contributed by atoms with Crippen LogP contribution in [0, 0.1) is 0 Å². The zero-order valence-electron chi connectivity index (χ0n) is 5.04. The Balaban J connectivity index is 3.03. The number of hydrogen-bond acceptors (Lipinski definition) is 2. The molecule has 0 aliphatic rings. The first-order valence-electron chi connectivity index (χ1n) is 2.71. The molecule has 2 heteroatoms. The van der Waals surface area contributed by atoms with Crippen molar-refractivity contribution in [1.82, 2.24) is 0 Å². The fraction of sp³-hybridized carbons (Fsp3) is 0.667. The molecule has 0 aromatic rings. The van der Waals surface area contributed by atoms with Crippen molar-refractivity contribution >= 4 is 0 Å². The predicted molar refractivity (Wildman–Crippen MR) is 32.5 cm³/mol. The van der Waals surface area contributed by atoms with Gasteiger partial charge in [-0.05, 0) is 13.3 Å². The minimum absolute atomic E-state index is 0.0622. The molecule has 2 nitrogen and oxygen atoms in total. The lowest BCUT2D eigenvalue weighted by atomic mass is 10.3. The molecule has 0 fully saturated rings. The lowest BCUT2D eigenvalue weighted by molar-refractivity contribution is 0.198. The summed E-state index contributed by atoms with van der Waals surface area (Å²) in [7, 11) is 0. The maximum atomic E-state index is 8.65. The summed E-state index contributed by atoms with van der Waals surface area (Å²) in [5.41, 5.74) is 0. The summed E-state index contributed by atoms with van der Waals surface area (Å²) in [5.74, 6) is 0. The highest BCUT2D eigenvalue weighted by Gasteiger charge is 1.86. The molecule has 0 saturated heterocycles. The fourth-order valence-corrected chi connectivity index (χ4v) is 0.368. The standard InChI is InChI=1S/C6H12O2/c1-6(8)4-2-3-5-7/h2-3,6-8H,4-5H2,1H3/t6-/m0/s1. The van der Waals surface area contributed by atoms with Gasteiger partial charge in [0.2, 0.25) is 0 Å². The van der Waals surface area contributed by atoms with Gasteiger partial charge in [-0.2, -0.15) is 0 Å². The molecule has 0 aliphatic heterocycles. The third-order valence-electron chi connectivity index (χ3n) is 0.749. The highest BCUT2D eigenvalue weighted by Crippen LogP contribution is 1.88. The summed E-state index contributed by atoms with van der Waals surface area (Å²) in [6, 6.07) is 0. The Morgan fingerprint density at radius 3 is 2.50 bits per heavy atom. The van der Waals surface area contributed by atoms with Gasteiger partial charge >= 0.3 is 0 Å². The molecule has 0 rings (SSSR count). The van der Waals surface area contributed by atoms with Gasteiger partial charge in [0.05, 0.1) is 12.7 Å². The molecular formula is C6H12O2. The minimum Gasteiger partial charge on any atom is -0.393 e. The van der Waals surface area contributed by atoms with E-state index in [-0.39, 0.29) is 12.7 Å². The molecule has 48 valence electrons. The first-order chi connectivity index (χ1) is 3.77. The molecule has 0 bridgehead atoms. The minimum atomic E-state index is -0.294. The molecule has 0 aliphatic carbocycles. The lowest BCUT2D eigenvalue weighted by Gasteiger charge is -1.94. The number of hydrogen-bond donors (Lipinski definition) is 2. The first kappa shape index (κ1) is 7.66. The van der Waals surface area contributed by atoms with Crippen LogP contribution in [0.5, 0.6) is 0 Å². The van der Waals surface area contributed by atoms with E-state index >= 15 is 0 Å². The van der Waals surface area contributed by atoms with E-state index in [2.05, 4.69) is 0 Å². The summed E-state index contributed by atoms with van der Waals surface area (Å²) < 4.78 is 0. The van der Waals surface area contributed by atoms with Crippen LogP contribution >= 0.6 is 0 Å². The SMILES string of the molecule is C[C@H](O)CC=CCO. The number of aliphatic hydroxyl groups is 2. The maximum Gasteiger partial charge on any atom is 0.0612 e. The van der Waals surface area contributed by atoms with Crippen molar-refractivity contribution in [2.75, 3.05) is 6.61 Å². The van der Waals surface area contributed by atoms with Gasteiger partial charge in [0.1, 0.15) is 0 Å². The quantitative estimate of drug-likeness (QED) is 0.521. The van der Waals surface area contributed by atoms with Crippen LogP contribution in [-0.4, -0.2) is 22.9 Å². The molecule has 0 saturated carbocycles. The Bertz CT molecular complexity index is 66.9. The fourth-order valence-electron chi connectivity index (χ4n) is 0.368. The summed E-state index contributed by atoms with van der Waals surface area (Å²) in [4.78, 5) is 0. The first-order valence-corrected chi connectivity index (χ1v) is 2.71. The van der Waals surface area contributed by atoms with Crippen LogP contribution in [-0.2, 0) is 0 Å². The van der Waals surface area contributed by atoms with Crippen LogP contribution in [0.2, 0.25) is 0 Å². The van der Waals surface area contributed by atoms with E-state index in [1.54, 1.807) is 19.1 Å². The van der Waals surface area contributed by atoms with Gasteiger partial charge in [-0.25, -0.2) is 0 Å². The van der Waals surface area contributed by atoms with Gasteiger partial charge in [0, 0.05) is 0 Å². The van der Waals surface area contributed by atoms with Crippen molar-refractivity contribution in [3.63, 3.8) is 0 Å². The number of rotatable bonds is 3. The highest BCUT2D eigenvalue weighted by molar-refractivity contribution is 4.81. The summed E-state index contributed by atoms with van der Waals surface area (Å²) >= 11 is 0. The third kappa shape index (κ3) is 5.66. The number of aliphatic hydroxyl groups excluding tert-OH is 2. The normalized spacial score (nSPS) is 14.9. The van der Waals surface area contributed by atoms with Crippen LogP contribution in [0.25, 0.3) is 0 Å². The van der Waals surface area contributed by atoms with Crippen LogP contribution in [0.4, 0.5) is 0 Å². The van der Waals surface area contributed by atoms with E-state index in [9.17, 15) is 0 Å². The van der Waals surface area contributed by atoms with Crippen molar-refractivity contribution in [2.45, 2.75) is 19.4 Å². The Morgan fingerprint density at radius 1 is 1.50 bits per heavy atom.